The van der Waals surface area contributed by atoms with Gasteiger partial charge >= 0.3 is 0 Å². The van der Waals surface area contributed by atoms with Gasteiger partial charge in [-0.15, -0.1) is 0 Å². The molecule has 4 rings (SSSR count). The van der Waals surface area contributed by atoms with Crippen molar-refractivity contribution in [3.8, 4) is 0 Å². The van der Waals surface area contributed by atoms with Gasteiger partial charge in [-0.2, -0.15) is 0 Å². The number of carbonyl (C=O) groups is 1. The van der Waals surface area contributed by atoms with Crippen LogP contribution in [0.25, 0.3) is 10.9 Å². The van der Waals surface area contributed by atoms with E-state index in [9.17, 15) is 18.0 Å². The Morgan fingerprint density at radius 3 is 2.58 bits per heavy atom. The molecule has 0 fully saturated rings. The highest BCUT2D eigenvalue weighted by Gasteiger charge is 2.21. The van der Waals surface area contributed by atoms with Crippen LogP contribution >= 0.6 is 15.9 Å². The van der Waals surface area contributed by atoms with Gasteiger partial charge in [0.05, 0.1) is 18.2 Å². The standard InChI is InChI=1S/C23H17BrF3N3O/c24-19-2-1-5-28-23(19)21(8-13-6-16(26)10-17(27)7-13)30-22(31)9-14-12-29-20-4-3-15(25)11-18(14)20/h1-7,10-12,21,29H,8-9H2,(H,30,31). The van der Waals surface area contributed by atoms with Crippen LogP contribution < -0.4 is 5.32 Å². The van der Waals surface area contributed by atoms with Crippen molar-refractivity contribution in [3.05, 3.63) is 99.7 Å². The van der Waals surface area contributed by atoms with Crippen molar-refractivity contribution in [1.29, 1.82) is 0 Å². The number of hydrogen-bond donors (Lipinski definition) is 2. The molecule has 2 aromatic heterocycles. The van der Waals surface area contributed by atoms with Gasteiger partial charge in [0.15, 0.2) is 0 Å². The number of aromatic nitrogens is 2. The maximum absolute atomic E-state index is 13.7. The summed E-state index contributed by atoms with van der Waals surface area (Å²) in [5, 5.41) is 3.52. The third-order valence-corrected chi connectivity index (χ3v) is 5.57. The number of amides is 1. The number of nitrogens with one attached hydrogen (secondary N) is 2. The van der Waals surface area contributed by atoms with Crippen molar-refractivity contribution in [1.82, 2.24) is 15.3 Å². The minimum absolute atomic E-state index is 0.00190. The molecule has 0 saturated carbocycles. The van der Waals surface area contributed by atoms with Gasteiger partial charge < -0.3 is 10.3 Å². The summed E-state index contributed by atoms with van der Waals surface area (Å²) in [5.41, 5.74) is 2.28. The first-order chi connectivity index (χ1) is 14.9. The van der Waals surface area contributed by atoms with Crippen LogP contribution in [-0.2, 0) is 17.6 Å². The smallest absolute Gasteiger partial charge is 0.225 e. The molecule has 0 aliphatic carbocycles. The predicted octanol–water partition coefficient (Wildman–Crippen LogP) is 5.39. The zero-order valence-corrected chi connectivity index (χ0v) is 17.7. The third-order valence-electron chi connectivity index (χ3n) is 4.89. The van der Waals surface area contributed by atoms with Gasteiger partial charge in [-0.3, -0.25) is 9.78 Å². The van der Waals surface area contributed by atoms with Crippen LogP contribution in [0.4, 0.5) is 13.2 Å². The van der Waals surface area contributed by atoms with E-state index in [1.807, 2.05) is 0 Å². The van der Waals surface area contributed by atoms with Crippen molar-refractivity contribution >= 4 is 32.7 Å². The zero-order valence-electron chi connectivity index (χ0n) is 16.1. The number of benzene rings is 2. The third kappa shape index (κ3) is 4.96. The first-order valence-electron chi connectivity index (χ1n) is 9.49. The van der Waals surface area contributed by atoms with Crippen molar-refractivity contribution in [2.75, 3.05) is 0 Å². The lowest BCUT2D eigenvalue weighted by Gasteiger charge is -2.20. The molecule has 0 spiro atoms. The van der Waals surface area contributed by atoms with Crippen molar-refractivity contribution in [2.45, 2.75) is 18.9 Å². The number of nitrogens with zero attached hydrogens (tertiary/aromatic N) is 1. The van der Waals surface area contributed by atoms with E-state index in [0.717, 1.165) is 11.6 Å². The van der Waals surface area contributed by atoms with Crippen LogP contribution in [0.3, 0.4) is 0 Å². The van der Waals surface area contributed by atoms with Crippen LogP contribution in [0.2, 0.25) is 0 Å². The summed E-state index contributed by atoms with van der Waals surface area (Å²) >= 11 is 3.42. The molecule has 31 heavy (non-hydrogen) atoms. The monoisotopic (exact) mass is 487 g/mol. The summed E-state index contributed by atoms with van der Waals surface area (Å²) in [7, 11) is 0. The van der Waals surface area contributed by atoms with Gasteiger partial charge in [-0.25, -0.2) is 13.2 Å². The second-order valence-electron chi connectivity index (χ2n) is 7.15. The lowest BCUT2D eigenvalue weighted by atomic mass is 10.0. The van der Waals surface area contributed by atoms with Crippen LogP contribution in [0.5, 0.6) is 0 Å². The molecule has 0 aliphatic heterocycles. The predicted molar refractivity (Wildman–Crippen MR) is 115 cm³/mol. The number of pyridine rings is 1. The molecule has 2 heterocycles. The summed E-state index contributed by atoms with van der Waals surface area (Å²) in [5.74, 6) is -2.11. The fourth-order valence-corrected chi connectivity index (χ4v) is 4.08. The zero-order chi connectivity index (χ0) is 22.0. The van der Waals surface area contributed by atoms with Crippen molar-refractivity contribution in [3.63, 3.8) is 0 Å². The van der Waals surface area contributed by atoms with Gasteiger partial charge in [0, 0.05) is 33.8 Å². The molecule has 1 atom stereocenters. The molecule has 0 radical (unpaired) electrons. The first-order valence-corrected chi connectivity index (χ1v) is 10.3. The molecule has 4 aromatic rings. The molecular formula is C23H17BrF3N3O. The molecule has 0 saturated heterocycles. The van der Waals surface area contributed by atoms with Crippen molar-refractivity contribution in [2.24, 2.45) is 0 Å². The number of H-pyrrole nitrogens is 1. The molecular weight excluding hydrogens is 471 g/mol. The topological polar surface area (TPSA) is 57.8 Å². The van der Waals surface area contributed by atoms with E-state index in [1.54, 1.807) is 30.6 Å². The van der Waals surface area contributed by atoms with Gasteiger partial charge in [0.25, 0.3) is 0 Å². The Hall–Kier alpha value is -3.13. The van der Waals surface area contributed by atoms with Gasteiger partial charge in [-0.05, 0) is 75.9 Å². The fourth-order valence-electron chi connectivity index (χ4n) is 3.55. The molecule has 0 bridgehead atoms. The van der Waals surface area contributed by atoms with Crippen LogP contribution in [0, 0.1) is 17.5 Å². The Labute approximate surface area is 184 Å². The molecule has 2 N–H and O–H groups in total. The Morgan fingerprint density at radius 1 is 1.06 bits per heavy atom. The number of fused-ring (bicyclic) bond motifs is 1. The molecule has 4 nitrogen and oxygen atoms in total. The summed E-state index contributed by atoms with van der Waals surface area (Å²) in [6.07, 6.45) is 3.38. The van der Waals surface area contributed by atoms with Crippen LogP contribution in [0.15, 0.2) is 65.4 Å². The molecule has 1 unspecified atom stereocenters. The summed E-state index contributed by atoms with van der Waals surface area (Å²) in [6.45, 7) is 0. The van der Waals surface area contributed by atoms with E-state index in [0.29, 0.717) is 26.7 Å². The number of rotatable bonds is 6. The van der Waals surface area contributed by atoms with Crippen LogP contribution in [0.1, 0.15) is 22.9 Å². The second-order valence-corrected chi connectivity index (χ2v) is 8.01. The SMILES string of the molecule is O=C(Cc1c[nH]c2ccc(F)cc12)NC(Cc1cc(F)cc(F)c1)c1ncccc1Br. The van der Waals surface area contributed by atoms with Gasteiger partial charge in [0.1, 0.15) is 17.5 Å². The quantitative estimate of drug-likeness (QED) is 0.383. The Bertz CT molecular complexity index is 1240. The number of halogens is 4. The largest absolute Gasteiger partial charge is 0.361 e. The summed E-state index contributed by atoms with van der Waals surface area (Å²) in [6, 6.07) is 10.4. The molecule has 0 aliphatic rings. The highest BCUT2D eigenvalue weighted by Crippen LogP contribution is 2.26. The number of hydrogen-bond acceptors (Lipinski definition) is 2. The minimum atomic E-state index is -0.694. The highest BCUT2D eigenvalue weighted by atomic mass is 79.9. The van der Waals surface area contributed by atoms with E-state index in [2.05, 4.69) is 31.2 Å². The summed E-state index contributed by atoms with van der Waals surface area (Å²) in [4.78, 5) is 20.2. The minimum Gasteiger partial charge on any atom is -0.361 e. The molecule has 2 aromatic carbocycles. The molecule has 1 amide bonds. The van der Waals surface area contributed by atoms with E-state index >= 15 is 0 Å². The first kappa shape index (κ1) is 21.1. The van der Waals surface area contributed by atoms with E-state index in [-0.39, 0.29) is 18.7 Å². The Kier molecular flexibility index (Phi) is 6.08. The van der Waals surface area contributed by atoms with Gasteiger partial charge in [-0.1, -0.05) is 0 Å². The van der Waals surface area contributed by atoms with E-state index in [1.165, 1.54) is 24.3 Å². The second kappa shape index (κ2) is 8.93. The van der Waals surface area contributed by atoms with Crippen molar-refractivity contribution < 1.29 is 18.0 Å². The maximum atomic E-state index is 13.7. The Morgan fingerprint density at radius 2 is 1.84 bits per heavy atom. The Balaban J connectivity index is 1.59. The molecule has 8 heteroatoms. The normalized spacial score (nSPS) is 12.1. The lowest BCUT2D eigenvalue weighted by Crippen LogP contribution is -2.32. The average Bonchev–Trinajstić information content (AvgIpc) is 3.09. The van der Waals surface area contributed by atoms with E-state index in [4.69, 9.17) is 0 Å². The van der Waals surface area contributed by atoms with E-state index < -0.39 is 23.5 Å². The number of carbonyl (C=O) groups excluding carboxylic acids is 1. The fraction of sp³-hybridized carbons (Fsp3) is 0.130. The van der Waals surface area contributed by atoms with Crippen LogP contribution in [-0.4, -0.2) is 15.9 Å². The highest BCUT2D eigenvalue weighted by molar-refractivity contribution is 9.10. The number of aromatic amines is 1. The summed E-state index contributed by atoms with van der Waals surface area (Å²) < 4.78 is 41.6. The average molecular weight is 488 g/mol. The molecule has 158 valence electrons. The van der Waals surface area contributed by atoms with Gasteiger partial charge in [0.2, 0.25) is 5.91 Å². The lowest BCUT2D eigenvalue weighted by molar-refractivity contribution is -0.121. The maximum Gasteiger partial charge on any atom is 0.225 e.